The maximum atomic E-state index is 13.2. The number of aromatic nitrogens is 2. The molecule has 2 aromatic heterocycles. The Kier molecular flexibility index (Phi) is 6.97. The van der Waals surface area contributed by atoms with E-state index in [1.807, 2.05) is 45.0 Å². The van der Waals surface area contributed by atoms with Gasteiger partial charge in [-0.3, -0.25) is 19.0 Å². The summed E-state index contributed by atoms with van der Waals surface area (Å²) in [5.74, 6) is -0.132. The van der Waals surface area contributed by atoms with E-state index in [0.29, 0.717) is 44.4 Å². The highest BCUT2D eigenvalue weighted by Crippen LogP contribution is 2.28. The number of anilines is 2. The molecule has 0 atom stereocenters. The van der Waals surface area contributed by atoms with Crippen LogP contribution in [-0.4, -0.2) is 28.0 Å². The predicted molar refractivity (Wildman–Crippen MR) is 139 cm³/mol. The fraction of sp³-hybridized carbons (Fsp3) is 0.231. The minimum absolute atomic E-state index is 0.221. The lowest BCUT2D eigenvalue weighted by atomic mass is 10.1. The summed E-state index contributed by atoms with van der Waals surface area (Å²) in [6, 6.07) is 12.9. The van der Waals surface area contributed by atoms with Crippen LogP contribution in [0.5, 0.6) is 5.75 Å². The second-order valence-electron chi connectivity index (χ2n) is 8.16. The first-order valence-electron chi connectivity index (χ1n) is 11.2. The molecule has 2 aromatic carbocycles. The molecule has 0 aliphatic rings. The zero-order valence-electron chi connectivity index (χ0n) is 20.0. The summed E-state index contributed by atoms with van der Waals surface area (Å²) < 4.78 is 6.78. The third kappa shape index (κ3) is 5.09. The molecule has 0 saturated heterocycles. The summed E-state index contributed by atoms with van der Waals surface area (Å²) in [4.78, 5) is 44.1. The highest BCUT2D eigenvalue weighted by atomic mass is 32.1. The summed E-state index contributed by atoms with van der Waals surface area (Å²) in [6.45, 7) is 7.74. The van der Waals surface area contributed by atoms with Crippen molar-refractivity contribution in [3.05, 3.63) is 80.7 Å². The maximum absolute atomic E-state index is 13.2. The number of amides is 2. The van der Waals surface area contributed by atoms with Gasteiger partial charge in [-0.15, -0.1) is 11.3 Å². The van der Waals surface area contributed by atoms with E-state index in [2.05, 4.69) is 15.6 Å². The minimum Gasteiger partial charge on any atom is -0.492 e. The Morgan fingerprint density at radius 3 is 2.57 bits per heavy atom. The standard InChI is InChI=1S/C26H26N4O4S/c1-5-34-20-9-7-6-8-19(20)28-21(31)13-30-14-27-25-22(26(30)33)17(4)23(35-25)24(32)29-18-11-10-15(2)12-16(18)3/h6-12,14H,5,13H2,1-4H3,(H,28,31)(H,29,32). The highest BCUT2D eigenvalue weighted by Gasteiger charge is 2.21. The normalized spacial score (nSPS) is 10.9. The van der Waals surface area contributed by atoms with Crippen molar-refractivity contribution < 1.29 is 14.3 Å². The van der Waals surface area contributed by atoms with E-state index in [-0.39, 0.29) is 23.9 Å². The van der Waals surface area contributed by atoms with Crippen LogP contribution in [0.3, 0.4) is 0 Å². The number of ether oxygens (including phenoxy) is 1. The molecule has 0 saturated carbocycles. The molecule has 0 fully saturated rings. The molecule has 4 rings (SSSR count). The first-order valence-corrected chi connectivity index (χ1v) is 12.0. The number of carbonyl (C=O) groups is 2. The van der Waals surface area contributed by atoms with Gasteiger partial charge in [0.25, 0.3) is 11.5 Å². The van der Waals surface area contributed by atoms with Gasteiger partial charge in [0.2, 0.25) is 5.91 Å². The Morgan fingerprint density at radius 1 is 1.06 bits per heavy atom. The van der Waals surface area contributed by atoms with Crippen molar-refractivity contribution >= 4 is 44.7 Å². The van der Waals surface area contributed by atoms with Gasteiger partial charge in [-0.2, -0.15) is 0 Å². The average Bonchev–Trinajstić information content (AvgIpc) is 3.16. The molecule has 9 heteroatoms. The number of carbonyl (C=O) groups excluding carboxylic acids is 2. The number of rotatable bonds is 7. The Morgan fingerprint density at radius 2 is 1.83 bits per heavy atom. The zero-order chi connectivity index (χ0) is 25.1. The smallest absolute Gasteiger partial charge is 0.266 e. The summed E-state index contributed by atoms with van der Waals surface area (Å²) in [7, 11) is 0. The Labute approximate surface area is 206 Å². The van der Waals surface area contributed by atoms with E-state index in [0.717, 1.165) is 22.5 Å². The number of para-hydroxylation sites is 2. The van der Waals surface area contributed by atoms with Crippen molar-refractivity contribution in [2.75, 3.05) is 17.2 Å². The molecular formula is C26H26N4O4S. The molecule has 0 bridgehead atoms. The number of nitrogens with zero attached hydrogens (tertiary/aromatic N) is 2. The third-order valence-electron chi connectivity index (χ3n) is 5.53. The van der Waals surface area contributed by atoms with Crippen LogP contribution < -0.4 is 20.9 Å². The zero-order valence-corrected chi connectivity index (χ0v) is 20.8. The fourth-order valence-electron chi connectivity index (χ4n) is 3.82. The van der Waals surface area contributed by atoms with Gasteiger partial charge in [-0.1, -0.05) is 29.8 Å². The third-order valence-corrected chi connectivity index (χ3v) is 6.73. The summed E-state index contributed by atoms with van der Waals surface area (Å²) in [5, 5.41) is 6.04. The van der Waals surface area contributed by atoms with Gasteiger partial charge in [0, 0.05) is 5.69 Å². The van der Waals surface area contributed by atoms with Crippen LogP contribution >= 0.6 is 11.3 Å². The Bertz CT molecular complexity index is 1490. The topological polar surface area (TPSA) is 102 Å². The number of aryl methyl sites for hydroxylation is 3. The van der Waals surface area contributed by atoms with E-state index >= 15 is 0 Å². The van der Waals surface area contributed by atoms with Crippen molar-refractivity contribution in [3.63, 3.8) is 0 Å². The van der Waals surface area contributed by atoms with Crippen molar-refractivity contribution in [1.29, 1.82) is 0 Å². The monoisotopic (exact) mass is 490 g/mol. The molecule has 0 unspecified atom stereocenters. The Balaban J connectivity index is 1.57. The minimum atomic E-state index is -0.388. The first-order chi connectivity index (χ1) is 16.8. The van der Waals surface area contributed by atoms with Crippen molar-refractivity contribution in [2.24, 2.45) is 0 Å². The SMILES string of the molecule is CCOc1ccccc1NC(=O)Cn1cnc2sc(C(=O)Nc3ccc(C)cc3C)c(C)c2c1=O. The lowest BCUT2D eigenvalue weighted by Crippen LogP contribution is -2.28. The second kappa shape index (κ2) is 10.1. The van der Waals surface area contributed by atoms with Crippen molar-refractivity contribution in [2.45, 2.75) is 34.2 Å². The van der Waals surface area contributed by atoms with Gasteiger partial charge in [-0.25, -0.2) is 4.98 Å². The van der Waals surface area contributed by atoms with Crippen LogP contribution in [0.15, 0.2) is 53.6 Å². The fourth-order valence-corrected chi connectivity index (χ4v) is 4.85. The molecule has 0 spiro atoms. The van der Waals surface area contributed by atoms with Crippen LogP contribution in [0.2, 0.25) is 0 Å². The van der Waals surface area contributed by atoms with Gasteiger partial charge < -0.3 is 15.4 Å². The lowest BCUT2D eigenvalue weighted by molar-refractivity contribution is -0.116. The van der Waals surface area contributed by atoms with Gasteiger partial charge in [0.15, 0.2) is 0 Å². The van der Waals surface area contributed by atoms with Crippen LogP contribution in [0.1, 0.15) is 33.3 Å². The van der Waals surface area contributed by atoms with Gasteiger partial charge in [-0.05, 0) is 57.0 Å². The quantitative estimate of drug-likeness (QED) is 0.392. The van der Waals surface area contributed by atoms with Crippen LogP contribution in [-0.2, 0) is 11.3 Å². The van der Waals surface area contributed by atoms with E-state index in [1.54, 1.807) is 25.1 Å². The molecular weight excluding hydrogens is 464 g/mol. The van der Waals surface area contributed by atoms with Crippen molar-refractivity contribution in [1.82, 2.24) is 9.55 Å². The van der Waals surface area contributed by atoms with Gasteiger partial charge >= 0.3 is 0 Å². The number of thiophene rings is 1. The number of hydrogen-bond donors (Lipinski definition) is 2. The molecule has 4 aromatic rings. The maximum Gasteiger partial charge on any atom is 0.266 e. The number of fused-ring (bicyclic) bond motifs is 1. The molecule has 0 aliphatic carbocycles. The van der Waals surface area contributed by atoms with E-state index < -0.39 is 0 Å². The summed E-state index contributed by atoms with van der Waals surface area (Å²) in [5.41, 5.74) is 3.47. The lowest BCUT2D eigenvalue weighted by Gasteiger charge is -2.11. The Hall–Kier alpha value is -3.98. The van der Waals surface area contributed by atoms with Crippen molar-refractivity contribution in [3.8, 4) is 5.75 Å². The number of hydrogen-bond acceptors (Lipinski definition) is 6. The molecule has 2 amide bonds. The summed E-state index contributed by atoms with van der Waals surface area (Å²) >= 11 is 1.16. The first kappa shape index (κ1) is 24.2. The van der Waals surface area contributed by atoms with Crippen LogP contribution in [0.25, 0.3) is 10.2 Å². The van der Waals surface area contributed by atoms with Gasteiger partial charge in [0.1, 0.15) is 17.1 Å². The van der Waals surface area contributed by atoms with Gasteiger partial charge in [0.05, 0.1) is 28.9 Å². The van der Waals surface area contributed by atoms with E-state index in [4.69, 9.17) is 4.74 Å². The average molecular weight is 491 g/mol. The second-order valence-corrected chi connectivity index (χ2v) is 9.16. The van der Waals surface area contributed by atoms with E-state index in [1.165, 1.54) is 10.9 Å². The van der Waals surface area contributed by atoms with E-state index in [9.17, 15) is 14.4 Å². The molecule has 0 radical (unpaired) electrons. The largest absolute Gasteiger partial charge is 0.492 e. The highest BCUT2D eigenvalue weighted by molar-refractivity contribution is 7.20. The molecule has 0 aliphatic heterocycles. The molecule has 2 N–H and O–H groups in total. The number of benzene rings is 2. The molecule has 180 valence electrons. The number of nitrogens with one attached hydrogen (secondary N) is 2. The summed E-state index contributed by atoms with van der Waals surface area (Å²) in [6.07, 6.45) is 1.33. The van der Waals surface area contributed by atoms with Crippen LogP contribution in [0.4, 0.5) is 11.4 Å². The van der Waals surface area contributed by atoms with Crippen LogP contribution in [0, 0.1) is 20.8 Å². The molecule has 8 nitrogen and oxygen atoms in total. The molecule has 35 heavy (non-hydrogen) atoms. The predicted octanol–water partition coefficient (Wildman–Crippen LogP) is 4.67. The molecule has 2 heterocycles.